The smallest absolute Gasteiger partial charge is 0.147 e. The molecule has 1 aromatic heterocycles. The van der Waals surface area contributed by atoms with Gasteiger partial charge in [-0.2, -0.15) is 0 Å². The second kappa shape index (κ2) is 7.21. The summed E-state index contributed by atoms with van der Waals surface area (Å²) in [4.78, 5) is 10.6. The van der Waals surface area contributed by atoms with Crippen LogP contribution < -0.4 is 15.5 Å². The van der Waals surface area contributed by atoms with E-state index in [1.165, 1.54) is 24.5 Å². The van der Waals surface area contributed by atoms with Crippen LogP contribution in [0.25, 0.3) is 10.9 Å². The molecule has 134 valence electrons. The van der Waals surface area contributed by atoms with Gasteiger partial charge in [0.15, 0.2) is 0 Å². The van der Waals surface area contributed by atoms with Gasteiger partial charge in [0.2, 0.25) is 0 Å². The average molecular weight is 355 g/mol. The molecule has 26 heavy (non-hydrogen) atoms. The Hall–Kier alpha value is -2.80. The predicted molar refractivity (Wildman–Crippen MR) is 98.3 cm³/mol. The maximum absolute atomic E-state index is 14.7. The fourth-order valence-corrected chi connectivity index (χ4v) is 3.14. The van der Waals surface area contributed by atoms with E-state index < -0.39 is 0 Å². The lowest BCUT2D eigenvalue weighted by Gasteiger charge is -2.29. The molecule has 1 fully saturated rings. The highest BCUT2D eigenvalue weighted by Gasteiger charge is 2.17. The first-order valence-electron chi connectivity index (χ1n) is 8.59. The Bertz CT molecular complexity index is 908. The first-order valence-corrected chi connectivity index (χ1v) is 8.59. The number of benzene rings is 2. The summed E-state index contributed by atoms with van der Waals surface area (Å²) in [5.74, 6) is 0.00728. The summed E-state index contributed by atoms with van der Waals surface area (Å²) in [7, 11) is 0. The van der Waals surface area contributed by atoms with Gasteiger partial charge in [0.1, 0.15) is 23.8 Å². The van der Waals surface area contributed by atoms with E-state index in [1.807, 2.05) is 4.90 Å². The molecule has 1 saturated heterocycles. The number of anilines is 2. The molecule has 0 spiro atoms. The van der Waals surface area contributed by atoms with E-state index >= 15 is 0 Å². The Labute approximate surface area is 150 Å². The van der Waals surface area contributed by atoms with Gasteiger partial charge >= 0.3 is 0 Å². The van der Waals surface area contributed by atoms with Gasteiger partial charge < -0.3 is 15.5 Å². The van der Waals surface area contributed by atoms with Crippen molar-refractivity contribution in [3.63, 3.8) is 0 Å². The molecule has 5 nitrogen and oxygen atoms in total. The molecule has 0 amide bonds. The maximum atomic E-state index is 14.7. The maximum Gasteiger partial charge on any atom is 0.147 e. The first kappa shape index (κ1) is 16.7. The van der Waals surface area contributed by atoms with Crippen molar-refractivity contribution in [3.05, 3.63) is 59.9 Å². The minimum absolute atomic E-state index is 0.274. The van der Waals surface area contributed by atoms with Crippen molar-refractivity contribution < 1.29 is 8.78 Å². The lowest BCUT2D eigenvalue weighted by Crippen LogP contribution is -2.43. The highest BCUT2D eigenvalue weighted by atomic mass is 19.1. The molecule has 0 atom stereocenters. The lowest BCUT2D eigenvalue weighted by molar-refractivity contribution is 0.567. The quantitative estimate of drug-likeness (QED) is 0.754. The summed E-state index contributed by atoms with van der Waals surface area (Å²) in [5, 5.41) is 7.08. The standard InChI is InChI=1S/C19H19F2N5/c20-14-3-1-13(2-4-14)11-23-19-15-9-16(21)18(10-17(15)24-12-25-19)26-7-5-22-6-8-26/h1-4,9-10,12,22H,5-8,11H2,(H,23,24,25). The lowest BCUT2D eigenvalue weighted by atomic mass is 10.1. The molecule has 0 bridgehead atoms. The molecular formula is C19H19F2N5. The topological polar surface area (TPSA) is 53.1 Å². The monoisotopic (exact) mass is 355 g/mol. The summed E-state index contributed by atoms with van der Waals surface area (Å²) < 4.78 is 27.7. The summed E-state index contributed by atoms with van der Waals surface area (Å²) >= 11 is 0. The molecule has 4 rings (SSSR count). The number of fused-ring (bicyclic) bond motifs is 1. The Morgan fingerprint density at radius 1 is 1.04 bits per heavy atom. The van der Waals surface area contributed by atoms with Gasteiger partial charge in [-0.3, -0.25) is 0 Å². The van der Waals surface area contributed by atoms with Gasteiger partial charge in [0.05, 0.1) is 11.2 Å². The van der Waals surface area contributed by atoms with Gasteiger partial charge in [-0.15, -0.1) is 0 Å². The van der Waals surface area contributed by atoms with Crippen molar-refractivity contribution in [2.24, 2.45) is 0 Å². The third kappa shape index (κ3) is 3.43. The third-order valence-corrected chi connectivity index (χ3v) is 4.53. The van der Waals surface area contributed by atoms with E-state index in [0.29, 0.717) is 29.0 Å². The number of nitrogens with zero attached hydrogens (tertiary/aromatic N) is 3. The molecule has 7 heteroatoms. The SMILES string of the molecule is Fc1ccc(CNc2ncnc3cc(N4CCNCC4)c(F)cc23)cc1. The number of aromatic nitrogens is 2. The second-order valence-corrected chi connectivity index (χ2v) is 6.26. The minimum Gasteiger partial charge on any atom is -0.367 e. The van der Waals surface area contributed by atoms with E-state index in [4.69, 9.17) is 0 Å². The minimum atomic E-state index is -0.279. The van der Waals surface area contributed by atoms with Crippen LogP contribution >= 0.6 is 0 Å². The number of hydrogen-bond acceptors (Lipinski definition) is 5. The highest BCUT2D eigenvalue weighted by molar-refractivity contribution is 5.91. The Morgan fingerprint density at radius 2 is 1.81 bits per heavy atom. The molecule has 1 aliphatic rings. The predicted octanol–water partition coefficient (Wildman–Crippen LogP) is 2.93. The van der Waals surface area contributed by atoms with Crippen LogP contribution in [0.4, 0.5) is 20.3 Å². The van der Waals surface area contributed by atoms with Gasteiger partial charge in [0, 0.05) is 38.1 Å². The zero-order valence-corrected chi connectivity index (χ0v) is 14.2. The zero-order valence-electron chi connectivity index (χ0n) is 14.2. The third-order valence-electron chi connectivity index (χ3n) is 4.53. The molecule has 0 unspecified atom stereocenters. The highest BCUT2D eigenvalue weighted by Crippen LogP contribution is 2.28. The van der Waals surface area contributed by atoms with Crippen molar-refractivity contribution in [1.82, 2.24) is 15.3 Å². The van der Waals surface area contributed by atoms with Gasteiger partial charge in [0.25, 0.3) is 0 Å². The van der Waals surface area contributed by atoms with E-state index in [0.717, 1.165) is 31.7 Å². The number of hydrogen-bond donors (Lipinski definition) is 2. The van der Waals surface area contributed by atoms with Gasteiger partial charge in [-0.1, -0.05) is 12.1 Å². The number of piperazine rings is 1. The molecule has 1 aliphatic heterocycles. The fraction of sp³-hybridized carbons (Fsp3) is 0.263. The number of nitrogens with one attached hydrogen (secondary N) is 2. The molecule has 3 aromatic rings. The fourth-order valence-electron chi connectivity index (χ4n) is 3.14. The van der Waals surface area contributed by atoms with Crippen LogP contribution in [-0.2, 0) is 6.54 Å². The van der Waals surface area contributed by atoms with E-state index in [9.17, 15) is 8.78 Å². The normalized spacial score (nSPS) is 14.6. The van der Waals surface area contributed by atoms with Crippen LogP contribution in [0.2, 0.25) is 0 Å². The molecule has 2 heterocycles. The van der Waals surface area contributed by atoms with Crippen molar-refractivity contribution in [2.75, 3.05) is 36.4 Å². The molecule has 0 aliphatic carbocycles. The number of halogens is 2. The molecule has 0 radical (unpaired) electrons. The second-order valence-electron chi connectivity index (χ2n) is 6.26. The molecular weight excluding hydrogens is 336 g/mol. The summed E-state index contributed by atoms with van der Waals surface area (Å²) in [6, 6.07) is 9.49. The van der Waals surface area contributed by atoms with Crippen molar-refractivity contribution in [1.29, 1.82) is 0 Å². The summed E-state index contributed by atoms with van der Waals surface area (Å²) in [5.41, 5.74) is 2.18. The average Bonchev–Trinajstić information content (AvgIpc) is 2.68. The van der Waals surface area contributed by atoms with E-state index in [-0.39, 0.29) is 11.6 Å². The van der Waals surface area contributed by atoms with E-state index in [1.54, 1.807) is 18.2 Å². The van der Waals surface area contributed by atoms with Gasteiger partial charge in [-0.05, 0) is 29.8 Å². The van der Waals surface area contributed by atoms with Crippen molar-refractivity contribution >= 4 is 22.4 Å². The van der Waals surface area contributed by atoms with Crippen LogP contribution in [0.5, 0.6) is 0 Å². The molecule has 2 N–H and O–H groups in total. The van der Waals surface area contributed by atoms with Gasteiger partial charge in [-0.25, -0.2) is 18.7 Å². The summed E-state index contributed by atoms with van der Waals surface area (Å²) in [6.07, 6.45) is 1.47. The van der Waals surface area contributed by atoms with Crippen LogP contribution in [0.3, 0.4) is 0 Å². The Balaban J connectivity index is 1.61. The van der Waals surface area contributed by atoms with Crippen LogP contribution in [0.15, 0.2) is 42.7 Å². The molecule has 2 aromatic carbocycles. The summed E-state index contributed by atoms with van der Waals surface area (Å²) in [6.45, 7) is 3.68. The van der Waals surface area contributed by atoms with Crippen LogP contribution in [0, 0.1) is 11.6 Å². The van der Waals surface area contributed by atoms with E-state index in [2.05, 4.69) is 20.6 Å². The largest absolute Gasteiger partial charge is 0.367 e. The first-order chi connectivity index (χ1) is 12.7. The Kier molecular flexibility index (Phi) is 4.62. The Morgan fingerprint density at radius 3 is 2.58 bits per heavy atom. The van der Waals surface area contributed by atoms with Crippen LogP contribution in [-0.4, -0.2) is 36.1 Å². The van der Waals surface area contributed by atoms with Crippen molar-refractivity contribution in [2.45, 2.75) is 6.54 Å². The number of rotatable bonds is 4. The zero-order chi connectivity index (χ0) is 17.9. The van der Waals surface area contributed by atoms with Crippen molar-refractivity contribution in [3.8, 4) is 0 Å². The van der Waals surface area contributed by atoms with Crippen LogP contribution in [0.1, 0.15) is 5.56 Å². The molecule has 0 saturated carbocycles.